The molecule has 0 unspecified atom stereocenters. The van der Waals surface area contributed by atoms with Gasteiger partial charge >= 0.3 is 5.97 Å². The summed E-state index contributed by atoms with van der Waals surface area (Å²) < 4.78 is 27.0. The number of aliphatic carboxylic acids is 1. The van der Waals surface area contributed by atoms with E-state index in [0.29, 0.717) is 24.7 Å². The number of rotatable bonds is 10. The minimum absolute atomic E-state index is 0.0829. The predicted molar refractivity (Wildman–Crippen MR) is 141 cm³/mol. The van der Waals surface area contributed by atoms with E-state index >= 15 is 0 Å². The van der Waals surface area contributed by atoms with Crippen LogP contribution in [0.2, 0.25) is 0 Å². The Morgan fingerprint density at radius 3 is 2.31 bits per heavy atom. The van der Waals surface area contributed by atoms with Crippen LogP contribution in [0.25, 0.3) is 0 Å². The Morgan fingerprint density at radius 1 is 1.03 bits per heavy atom. The molecule has 0 saturated carbocycles. The topological polar surface area (TPSA) is 194 Å². The zero-order valence-corrected chi connectivity index (χ0v) is 21.5. The van der Waals surface area contributed by atoms with E-state index in [4.69, 9.17) is 0 Å². The fourth-order valence-corrected chi connectivity index (χ4v) is 5.30. The molecule has 1 aliphatic heterocycles. The number of anilines is 2. The third-order valence-electron chi connectivity index (χ3n) is 6.18. The quantitative estimate of drug-likeness (QED) is 0.210. The number of piperidine rings is 1. The monoisotopic (exact) mass is 556 g/mol. The molecule has 1 saturated heterocycles. The number of carbonyl (C=O) groups is 2. The summed E-state index contributed by atoms with van der Waals surface area (Å²) in [7, 11) is -4.23. The van der Waals surface area contributed by atoms with Crippen LogP contribution < -0.4 is 20.3 Å². The molecule has 4 rings (SSSR count). The van der Waals surface area contributed by atoms with Crippen molar-refractivity contribution in [1.29, 1.82) is 0 Å². The highest BCUT2D eigenvalue weighted by molar-refractivity contribution is 7.89. The first-order valence-electron chi connectivity index (χ1n) is 12.1. The number of hydrogen-bond acceptors (Lipinski definition) is 10. The number of phenols is 2. The summed E-state index contributed by atoms with van der Waals surface area (Å²) in [5.74, 6) is -1.87. The van der Waals surface area contributed by atoms with Gasteiger partial charge in [-0.05, 0) is 61.4 Å². The highest BCUT2D eigenvalue weighted by Gasteiger charge is 2.27. The average molecular weight is 557 g/mol. The predicted octanol–water partition coefficient (Wildman–Crippen LogP) is 1.13. The number of nitrogens with one attached hydrogen (secondary N) is 3. The number of hydrogen-bond donors (Lipinski definition) is 6. The summed E-state index contributed by atoms with van der Waals surface area (Å²) in [4.78, 5) is 34.4. The van der Waals surface area contributed by atoms with Crippen molar-refractivity contribution in [2.45, 2.75) is 29.8 Å². The number of phenolic OH excluding ortho intramolecular Hbond substituents is 2. The van der Waals surface area contributed by atoms with E-state index in [1.807, 2.05) is 9.62 Å². The fourth-order valence-electron chi connectivity index (χ4n) is 4.11. The van der Waals surface area contributed by atoms with Crippen LogP contribution in [0.5, 0.6) is 11.5 Å². The zero-order valence-electron chi connectivity index (χ0n) is 20.7. The van der Waals surface area contributed by atoms with Gasteiger partial charge in [-0.25, -0.2) is 18.4 Å². The Bertz CT molecular complexity index is 1410. The molecule has 0 aliphatic carbocycles. The van der Waals surface area contributed by atoms with Gasteiger partial charge in [-0.15, -0.1) is 0 Å². The number of amides is 1. The molecule has 1 aliphatic rings. The summed E-state index contributed by atoms with van der Waals surface area (Å²) in [6.45, 7) is 0.774. The number of nitrogens with zero attached hydrogens (tertiary/aromatic N) is 3. The lowest BCUT2D eigenvalue weighted by molar-refractivity contribution is -0.138. The van der Waals surface area contributed by atoms with Crippen LogP contribution in [0.15, 0.2) is 65.8 Å². The second-order valence-electron chi connectivity index (χ2n) is 8.90. The number of carboxylic acids is 1. The highest BCUT2D eigenvalue weighted by Crippen LogP contribution is 2.31. The van der Waals surface area contributed by atoms with E-state index < -0.39 is 34.5 Å². The fraction of sp³-hybridized carbons (Fsp3) is 0.280. The molecule has 1 amide bonds. The summed E-state index contributed by atoms with van der Waals surface area (Å²) >= 11 is 0. The molecule has 2 aromatic carbocycles. The second kappa shape index (κ2) is 12.0. The van der Waals surface area contributed by atoms with E-state index in [2.05, 4.69) is 20.6 Å². The first kappa shape index (κ1) is 27.6. The molecule has 1 fully saturated rings. The zero-order chi connectivity index (χ0) is 28.0. The smallest absolute Gasteiger partial charge is 0.323 e. The summed E-state index contributed by atoms with van der Waals surface area (Å²) in [5.41, 5.74) is 0.644. The minimum Gasteiger partial charge on any atom is -0.508 e. The van der Waals surface area contributed by atoms with Crippen molar-refractivity contribution < 1.29 is 33.3 Å². The van der Waals surface area contributed by atoms with Crippen LogP contribution in [-0.4, -0.2) is 77.3 Å². The molecular formula is C25H28N6O7S. The minimum atomic E-state index is -4.23. The van der Waals surface area contributed by atoms with E-state index in [0.717, 1.165) is 37.1 Å². The van der Waals surface area contributed by atoms with Crippen LogP contribution in [0, 0.1) is 0 Å². The van der Waals surface area contributed by atoms with Crippen molar-refractivity contribution in [2.24, 2.45) is 0 Å². The molecule has 14 heteroatoms. The van der Waals surface area contributed by atoms with Crippen molar-refractivity contribution >= 4 is 33.5 Å². The van der Waals surface area contributed by atoms with E-state index in [1.54, 1.807) is 24.5 Å². The molecule has 39 heavy (non-hydrogen) atoms. The Kier molecular flexibility index (Phi) is 8.46. The molecule has 0 spiro atoms. The Hall–Kier alpha value is -4.43. The van der Waals surface area contributed by atoms with Gasteiger partial charge in [0.25, 0.3) is 5.91 Å². The van der Waals surface area contributed by atoms with Gasteiger partial charge in [-0.1, -0.05) is 0 Å². The lowest BCUT2D eigenvalue weighted by Gasteiger charge is -2.34. The van der Waals surface area contributed by atoms with Gasteiger partial charge in [0.15, 0.2) is 0 Å². The van der Waals surface area contributed by atoms with Crippen LogP contribution in [0.1, 0.15) is 23.2 Å². The largest absolute Gasteiger partial charge is 0.508 e. The summed E-state index contributed by atoms with van der Waals surface area (Å²) in [6, 6.07) is 9.22. The third-order valence-corrected chi connectivity index (χ3v) is 7.67. The van der Waals surface area contributed by atoms with Gasteiger partial charge in [0.05, 0.1) is 10.6 Å². The summed E-state index contributed by atoms with van der Waals surface area (Å²) in [6.07, 6.45) is 4.91. The number of sulfonamides is 1. The second-order valence-corrected chi connectivity index (χ2v) is 10.6. The molecule has 0 bridgehead atoms. The van der Waals surface area contributed by atoms with Gasteiger partial charge in [-0.2, -0.15) is 4.72 Å². The average Bonchev–Trinajstić information content (AvgIpc) is 2.92. The molecular weight excluding hydrogens is 528 g/mol. The molecule has 0 radical (unpaired) electrons. The van der Waals surface area contributed by atoms with Crippen molar-refractivity contribution in [3.63, 3.8) is 0 Å². The summed E-state index contributed by atoms with van der Waals surface area (Å²) in [5, 5.41) is 35.1. The molecule has 1 atom stereocenters. The van der Waals surface area contributed by atoms with Crippen LogP contribution in [0.3, 0.4) is 0 Å². The first-order valence-corrected chi connectivity index (χ1v) is 13.5. The molecule has 1 aromatic heterocycles. The maximum Gasteiger partial charge on any atom is 0.323 e. The number of carboxylic acid groups (broad SMARTS) is 1. The van der Waals surface area contributed by atoms with E-state index in [1.165, 1.54) is 12.1 Å². The number of carbonyl (C=O) groups excluding carboxylic acids is 1. The van der Waals surface area contributed by atoms with Gasteiger partial charge in [-0.3, -0.25) is 9.59 Å². The van der Waals surface area contributed by atoms with Crippen molar-refractivity contribution in [3.8, 4) is 11.5 Å². The Balaban J connectivity index is 1.33. The highest BCUT2D eigenvalue weighted by atomic mass is 32.2. The maximum atomic E-state index is 12.6. The van der Waals surface area contributed by atoms with Crippen molar-refractivity contribution in [2.75, 3.05) is 29.9 Å². The maximum absolute atomic E-state index is 12.6. The van der Waals surface area contributed by atoms with Crippen LogP contribution in [-0.2, 0) is 14.8 Å². The lowest BCUT2D eigenvalue weighted by atomic mass is 10.0. The molecule has 13 nitrogen and oxygen atoms in total. The molecule has 206 valence electrons. The van der Waals surface area contributed by atoms with Gasteiger partial charge in [0, 0.05) is 43.6 Å². The van der Waals surface area contributed by atoms with Crippen LogP contribution >= 0.6 is 0 Å². The standard InChI is InChI=1S/C25H28N6O7S/c32-18-3-5-19(6-4-18)39(37,38)30-20(24(35)36)15-28-23(34)16-2-7-21(22(33)14-16)31-12-8-17(9-13-31)29-25-26-10-1-11-27-25/h1-7,10-11,14,17,20,30,32-33H,8-9,12-13,15H2,(H,28,34)(H,35,36)(H,26,27,29)/t20-/m0/s1. The molecule has 6 N–H and O–H groups in total. The Labute approximate surface area is 224 Å². The number of benzene rings is 2. The van der Waals surface area contributed by atoms with Crippen molar-refractivity contribution in [1.82, 2.24) is 20.0 Å². The van der Waals surface area contributed by atoms with Gasteiger partial charge in [0.1, 0.15) is 17.5 Å². The van der Waals surface area contributed by atoms with Gasteiger partial charge < -0.3 is 30.9 Å². The first-order chi connectivity index (χ1) is 18.6. The SMILES string of the molecule is O=C(NC[C@H](NS(=O)(=O)c1ccc(O)cc1)C(=O)O)c1ccc(N2CCC(Nc3ncccn3)CC2)c(O)c1. The lowest BCUT2D eigenvalue weighted by Crippen LogP contribution is -2.48. The Morgan fingerprint density at radius 2 is 1.69 bits per heavy atom. The van der Waals surface area contributed by atoms with Crippen LogP contribution in [0.4, 0.5) is 11.6 Å². The normalized spacial score (nSPS) is 14.9. The third kappa shape index (κ3) is 7.12. The molecule has 2 heterocycles. The van der Waals surface area contributed by atoms with E-state index in [9.17, 15) is 33.3 Å². The van der Waals surface area contributed by atoms with Crippen molar-refractivity contribution in [3.05, 3.63) is 66.5 Å². The van der Waals surface area contributed by atoms with Gasteiger partial charge in [0.2, 0.25) is 16.0 Å². The molecule has 3 aromatic rings. The number of aromatic hydroxyl groups is 2. The van der Waals surface area contributed by atoms with E-state index in [-0.39, 0.29) is 28.0 Å². The number of aromatic nitrogens is 2.